The van der Waals surface area contributed by atoms with E-state index in [4.69, 9.17) is 5.11 Å². The molecule has 3 nitrogen and oxygen atoms in total. The maximum absolute atomic E-state index is 10.2. The third kappa shape index (κ3) is 7.78. The monoisotopic (exact) mass is 164 g/mol. The van der Waals surface area contributed by atoms with Gasteiger partial charge in [-0.3, -0.25) is 4.79 Å². The van der Waals surface area contributed by atoms with Crippen molar-refractivity contribution in [3.05, 3.63) is 0 Å². The molecule has 0 heterocycles. The molecule has 0 atom stereocenters. The van der Waals surface area contributed by atoms with E-state index in [1.165, 1.54) is 6.92 Å². The summed E-state index contributed by atoms with van der Waals surface area (Å²) < 4.78 is 4.65. The van der Waals surface area contributed by atoms with E-state index < -0.39 is 0 Å². The van der Waals surface area contributed by atoms with Gasteiger partial charge in [-0.2, -0.15) is 11.8 Å². The summed E-state index contributed by atoms with van der Waals surface area (Å²) in [6.45, 7) is 2.02. The van der Waals surface area contributed by atoms with Crippen molar-refractivity contribution in [1.29, 1.82) is 0 Å². The van der Waals surface area contributed by atoms with Gasteiger partial charge in [0.15, 0.2) is 0 Å². The van der Waals surface area contributed by atoms with Crippen molar-refractivity contribution >= 4 is 17.7 Å². The number of aliphatic hydroxyl groups excluding tert-OH is 1. The summed E-state index contributed by atoms with van der Waals surface area (Å²) in [4.78, 5) is 10.2. The SMILES string of the molecule is CC(=O)OCCSCCO. The molecule has 0 amide bonds. The molecule has 10 heavy (non-hydrogen) atoms. The Morgan fingerprint density at radius 2 is 2.30 bits per heavy atom. The van der Waals surface area contributed by atoms with Crippen LogP contribution in [-0.2, 0) is 9.53 Å². The second-order valence-electron chi connectivity index (χ2n) is 1.68. The van der Waals surface area contributed by atoms with Crippen molar-refractivity contribution in [1.82, 2.24) is 0 Å². The van der Waals surface area contributed by atoms with E-state index in [9.17, 15) is 4.79 Å². The first-order valence-electron chi connectivity index (χ1n) is 3.09. The van der Waals surface area contributed by atoms with Crippen LogP contribution in [0.15, 0.2) is 0 Å². The Balaban J connectivity index is 2.84. The highest BCUT2D eigenvalue weighted by Crippen LogP contribution is 1.97. The van der Waals surface area contributed by atoms with Gasteiger partial charge in [-0.1, -0.05) is 0 Å². The van der Waals surface area contributed by atoms with Crippen LogP contribution in [0.1, 0.15) is 6.92 Å². The normalized spacial score (nSPS) is 9.40. The van der Waals surface area contributed by atoms with Gasteiger partial charge in [0.1, 0.15) is 6.61 Å². The van der Waals surface area contributed by atoms with E-state index in [0.717, 1.165) is 5.75 Å². The van der Waals surface area contributed by atoms with Crippen LogP contribution in [0, 0.1) is 0 Å². The van der Waals surface area contributed by atoms with Gasteiger partial charge in [0.05, 0.1) is 6.61 Å². The molecule has 4 heteroatoms. The zero-order valence-corrected chi connectivity index (χ0v) is 6.82. The van der Waals surface area contributed by atoms with Crippen LogP contribution in [0.2, 0.25) is 0 Å². The summed E-state index contributed by atoms with van der Waals surface area (Å²) >= 11 is 1.57. The minimum atomic E-state index is -0.246. The molecule has 0 rings (SSSR count). The number of carbonyl (C=O) groups excluding carboxylic acids is 1. The number of ether oxygens (including phenoxy) is 1. The second kappa shape index (κ2) is 6.89. The number of thioether (sulfide) groups is 1. The number of aliphatic hydroxyl groups is 1. The lowest BCUT2D eigenvalue weighted by Crippen LogP contribution is -2.03. The molecule has 0 spiro atoms. The lowest BCUT2D eigenvalue weighted by molar-refractivity contribution is -0.140. The first kappa shape index (κ1) is 9.78. The van der Waals surface area contributed by atoms with Crippen LogP contribution in [0.25, 0.3) is 0 Å². The minimum Gasteiger partial charge on any atom is -0.465 e. The molecule has 1 N–H and O–H groups in total. The maximum atomic E-state index is 10.2. The molecule has 60 valence electrons. The number of esters is 1. The highest BCUT2D eigenvalue weighted by molar-refractivity contribution is 7.99. The molecule has 0 aliphatic heterocycles. The van der Waals surface area contributed by atoms with Crippen LogP contribution in [-0.4, -0.2) is 35.8 Å². The summed E-state index contributed by atoms with van der Waals surface area (Å²) in [6, 6.07) is 0. The van der Waals surface area contributed by atoms with Crippen molar-refractivity contribution in [3.8, 4) is 0 Å². The van der Waals surface area contributed by atoms with Gasteiger partial charge in [-0.05, 0) is 0 Å². The molecule has 0 aromatic rings. The smallest absolute Gasteiger partial charge is 0.302 e. The molecule has 0 unspecified atom stereocenters. The number of hydrogen-bond acceptors (Lipinski definition) is 4. The Kier molecular flexibility index (Phi) is 6.74. The average molecular weight is 164 g/mol. The molecular formula is C6H12O3S. The van der Waals surface area contributed by atoms with E-state index in [1.54, 1.807) is 11.8 Å². The molecule has 0 fully saturated rings. The lowest BCUT2D eigenvalue weighted by atomic mass is 10.8. The number of carbonyl (C=O) groups is 1. The van der Waals surface area contributed by atoms with Crippen molar-refractivity contribution in [2.45, 2.75) is 6.92 Å². The first-order valence-corrected chi connectivity index (χ1v) is 4.25. The quantitative estimate of drug-likeness (QED) is 0.468. The standard InChI is InChI=1S/C6H12O3S/c1-6(8)9-3-5-10-4-2-7/h7H,2-5H2,1H3. The van der Waals surface area contributed by atoms with Crippen molar-refractivity contribution in [2.75, 3.05) is 24.7 Å². The zero-order valence-electron chi connectivity index (χ0n) is 6.00. The topological polar surface area (TPSA) is 46.5 Å². The summed E-state index contributed by atoms with van der Waals surface area (Å²) in [5, 5.41) is 8.35. The molecule has 0 aromatic heterocycles. The summed E-state index contributed by atoms with van der Waals surface area (Å²) in [6.07, 6.45) is 0. The highest BCUT2D eigenvalue weighted by atomic mass is 32.2. The predicted molar refractivity (Wildman–Crippen MR) is 41.0 cm³/mol. The summed E-state index contributed by atoms with van der Waals surface area (Å²) in [5.74, 6) is 1.23. The Morgan fingerprint density at radius 3 is 2.80 bits per heavy atom. The van der Waals surface area contributed by atoms with Crippen LogP contribution >= 0.6 is 11.8 Å². The molecular weight excluding hydrogens is 152 g/mol. The van der Waals surface area contributed by atoms with E-state index >= 15 is 0 Å². The molecule has 0 aliphatic carbocycles. The number of hydrogen-bond donors (Lipinski definition) is 1. The Labute approximate surface area is 64.8 Å². The van der Waals surface area contributed by atoms with Crippen LogP contribution < -0.4 is 0 Å². The Morgan fingerprint density at radius 1 is 1.60 bits per heavy atom. The van der Waals surface area contributed by atoms with Gasteiger partial charge in [0.2, 0.25) is 0 Å². The first-order chi connectivity index (χ1) is 4.77. The van der Waals surface area contributed by atoms with Crippen molar-refractivity contribution < 1.29 is 14.6 Å². The van der Waals surface area contributed by atoms with Gasteiger partial charge in [0.25, 0.3) is 0 Å². The average Bonchev–Trinajstić information content (AvgIpc) is 1.87. The van der Waals surface area contributed by atoms with Crippen LogP contribution in [0.3, 0.4) is 0 Å². The molecule has 0 aliphatic rings. The van der Waals surface area contributed by atoms with E-state index in [-0.39, 0.29) is 12.6 Å². The molecule has 0 saturated carbocycles. The summed E-state index contributed by atoms with van der Waals surface area (Å²) in [7, 11) is 0. The van der Waals surface area contributed by atoms with E-state index in [1.807, 2.05) is 0 Å². The van der Waals surface area contributed by atoms with Crippen molar-refractivity contribution in [3.63, 3.8) is 0 Å². The Bertz CT molecular complexity index is 95.0. The van der Waals surface area contributed by atoms with Crippen LogP contribution in [0.5, 0.6) is 0 Å². The van der Waals surface area contributed by atoms with Gasteiger partial charge >= 0.3 is 5.97 Å². The lowest BCUT2D eigenvalue weighted by Gasteiger charge is -1.99. The van der Waals surface area contributed by atoms with Crippen molar-refractivity contribution in [2.24, 2.45) is 0 Å². The highest BCUT2D eigenvalue weighted by Gasteiger charge is 1.91. The fourth-order valence-electron chi connectivity index (χ4n) is 0.411. The molecule has 0 saturated heterocycles. The van der Waals surface area contributed by atoms with E-state index in [2.05, 4.69) is 4.74 Å². The van der Waals surface area contributed by atoms with Gasteiger partial charge in [-0.25, -0.2) is 0 Å². The largest absolute Gasteiger partial charge is 0.465 e. The molecule has 0 bridgehead atoms. The number of rotatable bonds is 5. The Hall–Kier alpha value is -0.220. The fourth-order valence-corrected chi connectivity index (χ4v) is 0.945. The second-order valence-corrected chi connectivity index (χ2v) is 2.90. The van der Waals surface area contributed by atoms with Crippen LogP contribution in [0.4, 0.5) is 0 Å². The minimum absolute atomic E-state index is 0.185. The van der Waals surface area contributed by atoms with Gasteiger partial charge in [0, 0.05) is 18.4 Å². The summed E-state index contributed by atoms with van der Waals surface area (Å²) in [5.41, 5.74) is 0. The predicted octanol–water partition coefficient (Wildman–Crippen LogP) is 0.275. The maximum Gasteiger partial charge on any atom is 0.302 e. The molecule has 0 radical (unpaired) electrons. The third-order valence-corrected chi connectivity index (χ3v) is 1.70. The van der Waals surface area contributed by atoms with E-state index in [0.29, 0.717) is 12.4 Å². The van der Waals surface area contributed by atoms with Gasteiger partial charge in [-0.15, -0.1) is 0 Å². The fraction of sp³-hybridized carbons (Fsp3) is 0.833. The third-order valence-electron chi connectivity index (χ3n) is 0.769. The molecule has 0 aromatic carbocycles. The van der Waals surface area contributed by atoms with Gasteiger partial charge < -0.3 is 9.84 Å². The zero-order chi connectivity index (χ0) is 7.82.